The van der Waals surface area contributed by atoms with Crippen molar-refractivity contribution >= 4 is 5.97 Å². The molecule has 0 bridgehead atoms. The van der Waals surface area contributed by atoms with Crippen molar-refractivity contribution in [3.63, 3.8) is 0 Å². The Morgan fingerprint density at radius 1 is 1.50 bits per heavy atom. The highest BCUT2D eigenvalue weighted by molar-refractivity contribution is 5.71. The number of carbonyl (C=O) groups is 1. The van der Waals surface area contributed by atoms with Crippen LogP contribution in [-0.4, -0.2) is 36.4 Å². The Labute approximate surface area is 93.9 Å². The zero-order valence-corrected chi connectivity index (χ0v) is 9.56. The Hall–Kier alpha value is -1.43. The van der Waals surface area contributed by atoms with Gasteiger partial charge in [0.1, 0.15) is 6.42 Å². The molecule has 6 heteroatoms. The van der Waals surface area contributed by atoms with Crippen LogP contribution in [0, 0.1) is 0 Å². The lowest BCUT2D eigenvalue weighted by atomic mass is 10.3. The van der Waals surface area contributed by atoms with Gasteiger partial charge in [-0.2, -0.15) is 4.98 Å². The maximum Gasteiger partial charge on any atom is 0.315 e. The van der Waals surface area contributed by atoms with E-state index in [0.29, 0.717) is 31.3 Å². The van der Waals surface area contributed by atoms with E-state index >= 15 is 0 Å². The molecular weight excluding hydrogens is 212 g/mol. The van der Waals surface area contributed by atoms with E-state index < -0.39 is 0 Å². The van der Waals surface area contributed by atoms with E-state index in [1.807, 2.05) is 0 Å². The molecule has 90 valence electrons. The molecule has 0 aliphatic rings. The van der Waals surface area contributed by atoms with Gasteiger partial charge in [-0.1, -0.05) is 5.16 Å². The number of ether oxygens (including phenoxy) is 2. The Kier molecular flexibility index (Phi) is 5.49. The third-order valence-corrected chi connectivity index (χ3v) is 1.86. The Bertz CT molecular complexity index is 324. The Morgan fingerprint density at radius 3 is 3.00 bits per heavy atom. The van der Waals surface area contributed by atoms with Crippen molar-refractivity contribution in [2.45, 2.75) is 26.2 Å². The molecule has 0 spiro atoms. The van der Waals surface area contributed by atoms with Gasteiger partial charge in [0.05, 0.1) is 6.61 Å². The highest BCUT2D eigenvalue weighted by Gasteiger charge is 2.11. The van der Waals surface area contributed by atoms with E-state index in [0.717, 1.165) is 6.42 Å². The van der Waals surface area contributed by atoms with Crippen molar-refractivity contribution in [2.24, 2.45) is 0 Å². The average molecular weight is 228 g/mol. The van der Waals surface area contributed by atoms with Crippen LogP contribution < -0.4 is 0 Å². The molecule has 6 nitrogen and oxygen atoms in total. The SMILES string of the molecule is CCOC(=O)Cc1nc(CCCOC)no1. The second-order valence-electron chi connectivity index (χ2n) is 3.18. The largest absolute Gasteiger partial charge is 0.466 e. The zero-order valence-electron chi connectivity index (χ0n) is 9.56. The van der Waals surface area contributed by atoms with Gasteiger partial charge in [-0.25, -0.2) is 0 Å². The second-order valence-corrected chi connectivity index (χ2v) is 3.18. The first kappa shape index (κ1) is 12.6. The fourth-order valence-electron chi connectivity index (χ4n) is 1.17. The van der Waals surface area contributed by atoms with Gasteiger partial charge in [-0.15, -0.1) is 0 Å². The maximum absolute atomic E-state index is 11.1. The summed E-state index contributed by atoms with van der Waals surface area (Å²) in [5, 5.41) is 3.75. The molecule has 16 heavy (non-hydrogen) atoms. The predicted octanol–water partition coefficient (Wildman–Crippen LogP) is 0.754. The summed E-state index contributed by atoms with van der Waals surface area (Å²) < 4.78 is 14.6. The van der Waals surface area contributed by atoms with Crippen LogP contribution in [0.1, 0.15) is 25.1 Å². The van der Waals surface area contributed by atoms with Gasteiger partial charge in [0.25, 0.3) is 0 Å². The monoisotopic (exact) mass is 228 g/mol. The van der Waals surface area contributed by atoms with Crippen LogP contribution in [-0.2, 0) is 27.1 Å². The van der Waals surface area contributed by atoms with Crippen LogP contribution in [0.2, 0.25) is 0 Å². The lowest BCUT2D eigenvalue weighted by molar-refractivity contribution is -0.142. The second kappa shape index (κ2) is 6.95. The van der Waals surface area contributed by atoms with Gasteiger partial charge in [0.2, 0.25) is 5.89 Å². The van der Waals surface area contributed by atoms with Crippen molar-refractivity contribution in [1.29, 1.82) is 0 Å². The number of nitrogens with zero attached hydrogens (tertiary/aromatic N) is 2. The summed E-state index contributed by atoms with van der Waals surface area (Å²) in [7, 11) is 1.64. The number of methoxy groups -OCH3 is 1. The molecule has 0 unspecified atom stereocenters. The van der Waals surface area contributed by atoms with Crippen molar-refractivity contribution in [3.8, 4) is 0 Å². The molecule has 0 N–H and O–H groups in total. The summed E-state index contributed by atoms with van der Waals surface area (Å²) in [5.74, 6) is 0.539. The number of hydrogen-bond donors (Lipinski definition) is 0. The van der Waals surface area contributed by atoms with Gasteiger partial charge >= 0.3 is 5.97 Å². The smallest absolute Gasteiger partial charge is 0.315 e. The van der Waals surface area contributed by atoms with Gasteiger partial charge in [-0.05, 0) is 13.3 Å². The Morgan fingerprint density at radius 2 is 2.31 bits per heavy atom. The number of esters is 1. The molecular formula is C10H16N2O4. The van der Waals surface area contributed by atoms with Crippen LogP contribution in [0.25, 0.3) is 0 Å². The summed E-state index contributed by atoms with van der Waals surface area (Å²) >= 11 is 0. The number of carbonyl (C=O) groups excluding carboxylic acids is 1. The van der Waals surface area contributed by atoms with E-state index in [1.54, 1.807) is 14.0 Å². The molecule has 1 aromatic rings. The minimum atomic E-state index is -0.352. The first-order valence-corrected chi connectivity index (χ1v) is 5.22. The molecule has 0 aliphatic carbocycles. The van der Waals surface area contributed by atoms with Crippen LogP contribution in [0.3, 0.4) is 0 Å². The van der Waals surface area contributed by atoms with Crippen LogP contribution in [0.4, 0.5) is 0 Å². The van der Waals surface area contributed by atoms with Gasteiger partial charge < -0.3 is 14.0 Å². The van der Waals surface area contributed by atoms with Crippen LogP contribution in [0.15, 0.2) is 4.52 Å². The number of hydrogen-bond acceptors (Lipinski definition) is 6. The fourth-order valence-corrected chi connectivity index (χ4v) is 1.17. The van der Waals surface area contributed by atoms with Crippen LogP contribution in [0.5, 0.6) is 0 Å². The summed E-state index contributed by atoms with van der Waals surface area (Å²) in [6.07, 6.45) is 1.54. The number of rotatable bonds is 7. The van der Waals surface area contributed by atoms with Crippen molar-refractivity contribution < 1.29 is 18.8 Å². The first-order chi connectivity index (χ1) is 7.76. The van der Waals surface area contributed by atoms with Gasteiger partial charge in [0.15, 0.2) is 5.82 Å². The molecule has 1 heterocycles. The highest BCUT2D eigenvalue weighted by Crippen LogP contribution is 2.02. The molecule has 1 rings (SSSR count). The van der Waals surface area contributed by atoms with Gasteiger partial charge in [-0.3, -0.25) is 4.79 Å². The van der Waals surface area contributed by atoms with E-state index in [2.05, 4.69) is 10.1 Å². The average Bonchev–Trinajstić information content (AvgIpc) is 2.66. The molecule has 0 saturated carbocycles. The Balaban J connectivity index is 2.36. The lowest BCUT2D eigenvalue weighted by Gasteiger charge is -1.96. The summed E-state index contributed by atoms with van der Waals surface area (Å²) in [6, 6.07) is 0. The lowest BCUT2D eigenvalue weighted by Crippen LogP contribution is -2.07. The standard InChI is InChI=1S/C10H16N2O4/c1-3-15-10(13)7-9-11-8(12-16-9)5-4-6-14-2/h3-7H2,1-2H3. The normalized spacial score (nSPS) is 10.4. The third kappa shape index (κ3) is 4.39. The summed E-state index contributed by atoms with van der Waals surface area (Å²) in [6.45, 7) is 2.76. The quantitative estimate of drug-likeness (QED) is 0.506. The highest BCUT2D eigenvalue weighted by atomic mass is 16.5. The van der Waals surface area contributed by atoms with E-state index in [1.165, 1.54) is 0 Å². The fraction of sp³-hybridized carbons (Fsp3) is 0.700. The van der Waals surface area contributed by atoms with E-state index in [4.69, 9.17) is 14.0 Å². The molecule has 0 atom stereocenters. The molecule has 0 saturated heterocycles. The van der Waals surface area contributed by atoms with Crippen LogP contribution >= 0.6 is 0 Å². The molecule has 0 amide bonds. The summed E-state index contributed by atoms with van der Waals surface area (Å²) in [5.41, 5.74) is 0. The minimum Gasteiger partial charge on any atom is -0.466 e. The van der Waals surface area contributed by atoms with E-state index in [-0.39, 0.29) is 12.4 Å². The molecule has 0 radical (unpaired) electrons. The number of aromatic nitrogens is 2. The van der Waals surface area contributed by atoms with Gasteiger partial charge in [0, 0.05) is 20.1 Å². The first-order valence-electron chi connectivity index (χ1n) is 5.22. The minimum absolute atomic E-state index is 0.0329. The third-order valence-electron chi connectivity index (χ3n) is 1.86. The number of aryl methyl sites for hydroxylation is 1. The molecule has 0 aliphatic heterocycles. The predicted molar refractivity (Wildman–Crippen MR) is 54.8 cm³/mol. The maximum atomic E-state index is 11.1. The molecule has 1 aromatic heterocycles. The van der Waals surface area contributed by atoms with E-state index in [9.17, 15) is 4.79 Å². The molecule has 0 aromatic carbocycles. The molecule has 0 fully saturated rings. The zero-order chi connectivity index (χ0) is 11.8. The van der Waals surface area contributed by atoms with Crippen molar-refractivity contribution in [1.82, 2.24) is 10.1 Å². The topological polar surface area (TPSA) is 74.5 Å². The summed E-state index contributed by atoms with van der Waals surface area (Å²) in [4.78, 5) is 15.2. The van der Waals surface area contributed by atoms with Crippen molar-refractivity contribution in [3.05, 3.63) is 11.7 Å². The van der Waals surface area contributed by atoms with Crippen molar-refractivity contribution in [2.75, 3.05) is 20.3 Å².